The topological polar surface area (TPSA) is 65.5 Å². The molecule has 0 saturated heterocycles. The SMILES string of the molecule is COc1ccc(OS(=O)(=O)c2ccc(-c3csc(C)n3)s2)cc1. The second kappa shape index (κ2) is 6.31. The molecule has 0 atom stereocenters. The Bertz CT molecular complexity index is 910. The molecular weight excluding hydrogens is 354 g/mol. The molecule has 0 N–H and O–H groups in total. The van der Waals surface area contributed by atoms with E-state index in [-0.39, 0.29) is 9.96 Å². The number of hydrogen-bond donors (Lipinski definition) is 0. The Morgan fingerprint density at radius 2 is 1.74 bits per heavy atom. The van der Waals surface area contributed by atoms with Crippen LogP contribution in [-0.4, -0.2) is 20.5 Å². The average molecular weight is 367 g/mol. The Kier molecular flexibility index (Phi) is 4.38. The van der Waals surface area contributed by atoms with Gasteiger partial charge in [0.05, 0.1) is 22.7 Å². The summed E-state index contributed by atoms with van der Waals surface area (Å²) in [5, 5.41) is 2.84. The van der Waals surface area contributed by atoms with E-state index in [9.17, 15) is 8.42 Å². The molecule has 1 aromatic carbocycles. The van der Waals surface area contributed by atoms with E-state index in [1.54, 1.807) is 37.4 Å². The number of aryl methyl sites for hydroxylation is 1. The van der Waals surface area contributed by atoms with Crippen LogP contribution in [0.25, 0.3) is 10.6 Å². The van der Waals surface area contributed by atoms with Crippen molar-refractivity contribution in [2.45, 2.75) is 11.1 Å². The molecule has 3 rings (SSSR count). The first-order valence-electron chi connectivity index (χ1n) is 6.59. The monoisotopic (exact) mass is 367 g/mol. The van der Waals surface area contributed by atoms with Gasteiger partial charge < -0.3 is 8.92 Å². The zero-order valence-electron chi connectivity index (χ0n) is 12.3. The highest BCUT2D eigenvalue weighted by molar-refractivity contribution is 7.89. The minimum atomic E-state index is -3.86. The third-order valence-corrected chi connectivity index (χ3v) is 6.54. The minimum absolute atomic E-state index is 0.147. The van der Waals surface area contributed by atoms with E-state index in [4.69, 9.17) is 8.92 Å². The fraction of sp³-hybridized carbons (Fsp3) is 0.133. The molecule has 0 amide bonds. The Morgan fingerprint density at radius 1 is 1.04 bits per heavy atom. The molecule has 8 heteroatoms. The number of nitrogens with zero attached hydrogens (tertiary/aromatic N) is 1. The zero-order valence-corrected chi connectivity index (χ0v) is 14.8. The van der Waals surface area contributed by atoms with Crippen molar-refractivity contribution in [1.82, 2.24) is 4.98 Å². The van der Waals surface area contributed by atoms with Gasteiger partial charge in [-0.2, -0.15) is 8.42 Å². The van der Waals surface area contributed by atoms with Gasteiger partial charge in [0.25, 0.3) is 0 Å². The first-order valence-corrected chi connectivity index (χ1v) is 9.69. The molecule has 5 nitrogen and oxygen atoms in total. The van der Waals surface area contributed by atoms with E-state index >= 15 is 0 Å². The van der Waals surface area contributed by atoms with E-state index < -0.39 is 10.1 Å². The van der Waals surface area contributed by atoms with E-state index in [2.05, 4.69) is 4.98 Å². The van der Waals surface area contributed by atoms with E-state index in [1.807, 2.05) is 12.3 Å². The molecule has 0 aliphatic rings. The van der Waals surface area contributed by atoms with Gasteiger partial charge in [0, 0.05) is 5.38 Å². The third kappa shape index (κ3) is 3.54. The van der Waals surface area contributed by atoms with Gasteiger partial charge in [0.15, 0.2) is 4.21 Å². The molecule has 0 unspecified atom stereocenters. The molecule has 0 bridgehead atoms. The van der Waals surface area contributed by atoms with Crippen LogP contribution in [0, 0.1) is 6.92 Å². The van der Waals surface area contributed by atoms with Gasteiger partial charge in [-0.3, -0.25) is 0 Å². The van der Waals surface area contributed by atoms with Crippen LogP contribution >= 0.6 is 22.7 Å². The van der Waals surface area contributed by atoms with Gasteiger partial charge >= 0.3 is 10.1 Å². The molecule has 3 aromatic rings. The quantitative estimate of drug-likeness (QED) is 0.639. The second-order valence-electron chi connectivity index (χ2n) is 4.58. The molecule has 2 aromatic heterocycles. The van der Waals surface area contributed by atoms with Gasteiger partial charge in [-0.25, -0.2) is 4.98 Å². The Morgan fingerprint density at radius 3 is 2.35 bits per heavy atom. The van der Waals surface area contributed by atoms with Crippen LogP contribution in [0.15, 0.2) is 46.0 Å². The smallest absolute Gasteiger partial charge is 0.348 e. The summed E-state index contributed by atoms with van der Waals surface area (Å²) in [4.78, 5) is 5.16. The molecule has 0 spiro atoms. The molecule has 0 aliphatic carbocycles. The molecule has 0 saturated carbocycles. The summed E-state index contributed by atoms with van der Waals surface area (Å²) >= 11 is 2.66. The van der Waals surface area contributed by atoms with E-state index in [0.717, 1.165) is 26.9 Å². The number of benzene rings is 1. The maximum Gasteiger partial charge on any atom is 0.348 e. The number of aromatic nitrogens is 1. The molecule has 23 heavy (non-hydrogen) atoms. The van der Waals surface area contributed by atoms with Crippen molar-refractivity contribution in [3.05, 3.63) is 46.8 Å². The number of thiophene rings is 1. The average Bonchev–Trinajstić information content (AvgIpc) is 3.16. The van der Waals surface area contributed by atoms with Gasteiger partial charge in [-0.05, 0) is 43.3 Å². The summed E-state index contributed by atoms with van der Waals surface area (Å²) in [6.45, 7) is 1.91. The zero-order chi connectivity index (χ0) is 16.4. The summed E-state index contributed by atoms with van der Waals surface area (Å²) in [7, 11) is -2.32. The van der Waals surface area contributed by atoms with Gasteiger partial charge in [-0.15, -0.1) is 22.7 Å². The first kappa shape index (κ1) is 16.0. The first-order chi connectivity index (χ1) is 11.0. The maximum absolute atomic E-state index is 12.3. The number of methoxy groups -OCH3 is 1. The Balaban J connectivity index is 1.83. The fourth-order valence-electron chi connectivity index (χ4n) is 1.87. The van der Waals surface area contributed by atoms with Crippen molar-refractivity contribution in [3.63, 3.8) is 0 Å². The normalized spacial score (nSPS) is 11.4. The van der Waals surface area contributed by atoms with Crippen LogP contribution in [0.5, 0.6) is 11.5 Å². The van der Waals surface area contributed by atoms with Crippen molar-refractivity contribution < 1.29 is 17.3 Å². The molecule has 0 aliphatic heterocycles. The summed E-state index contributed by atoms with van der Waals surface area (Å²) in [5.41, 5.74) is 0.781. The number of hydrogen-bond acceptors (Lipinski definition) is 7. The highest BCUT2D eigenvalue weighted by atomic mass is 32.3. The number of ether oxygens (including phenoxy) is 1. The lowest BCUT2D eigenvalue weighted by Crippen LogP contribution is -2.07. The lowest BCUT2D eigenvalue weighted by Gasteiger charge is -2.05. The molecular formula is C15H13NO4S3. The Labute approximate surface area is 142 Å². The highest BCUT2D eigenvalue weighted by Crippen LogP contribution is 2.32. The summed E-state index contributed by atoms with van der Waals surface area (Å²) < 4.78 is 35.0. The lowest BCUT2D eigenvalue weighted by atomic mass is 10.3. The van der Waals surface area contributed by atoms with Crippen molar-refractivity contribution in [2.24, 2.45) is 0 Å². The van der Waals surface area contributed by atoms with Crippen molar-refractivity contribution >= 4 is 32.8 Å². The highest BCUT2D eigenvalue weighted by Gasteiger charge is 2.20. The predicted molar refractivity (Wildman–Crippen MR) is 91.0 cm³/mol. The lowest BCUT2D eigenvalue weighted by molar-refractivity contribution is 0.413. The largest absolute Gasteiger partial charge is 0.497 e. The maximum atomic E-state index is 12.3. The van der Waals surface area contributed by atoms with Crippen molar-refractivity contribution in [3.8, 4) is 22.1 Å². The van der Waals surface area contributed by atoms with Gasteiger partial charge in [-0.1, -0.05) is 0 Å². The summed E-state index contributed by atoms with van der Waals surface area (Å²) in [5.74, 6) is 0.873. The van der Waals surface area contributed by atoms with E-state index in [1.165, 1.54) is 17.4 Å². The van der Waals surface area contributed by atoms with Crippen LogP contribution in [-0.2, 0) is 10.1 Å². The van der Waals surface area contributed by atoms with Gasteiger partial charge in [0.2, 0.25) is 0 Å². The number of thiazole rings is 1. The van der Waals surface area contributed by atoms with Crippen LogP contribution in [0.3, 0.4) is 0 Å². The van der Waals surface area contributed by atoms with Gasteiger partial charge in [0.1, 0.15) is 11.5 Å². The standard InChI is InChI=1S/C15H13NO4S3/c1-10-16-13(9-21-10)14-7-8-15(22-14)23(17,18)20-12-5-3-11(19-2)4-6-12/h3-9H,1-2H3. The van der Waals surface area contributed by atoms with Crippen LogP contribution in [0.4, 0.5) is 0 Å². The van der Waals surface area contributed by atoms with Crippen molar-refractivity contribution in [1.29, 1.82) is 0 Å². The van der Waals surface area contributed by atoms with Crippen molar-refractivity contribution in [2.75, 3.05) is 7.11 Å². The summed E-state index contributed by atoms with van der Waals surface area (Å²) in [6.07, 6.45) is 0. The second-order valence-corrected chi connectivity index (χ2v) is 8.50. The third-order valence-electron chi connectivity index (χ3n) is 2.96. The molecule has 2 heterocycles. The van der Waals surface area contributed by atoms with Crippen LogP contribution in [0.1, 0.15) is 5.01 Å². The minimum Gasteiger partial charge on any atom is -0.497 e. The molecule has 0 radical (unpaired) electrons. The Hall–Kier alpha value is -1.90. The summed E-state index contributed by atoms with van der Waals surface area (Å²) in [6, 6.07) is 9.66. The molecule has 0 fully saturated rings. The predicted octanol–water partition coefficient (Wildman–Crippen LogP) is 3.96. The van der Waals surface area contributed by atoms with E-state index in [0.29, 0.717) is 5.75 Å². The molecule has 120 valence electrons. The van der Waals surface area contributed by atoms with Crippen LogP contribution < -0.4 is 8.92 Å². The fourth-order valence-corrected chi connectivity index (χ4v) is 4.71. The van der Waals surface area contributed by atoms with Crippen LogP contribution in [0.2, 0.25) is 0 Å². The number of rotatable bonds is 5.